The van der Waals surface area contributed by atoms with Crippen LogP contribution in [0.25, 0.3) is 0 Å². The van der Waals surface area contributed by atoms with Gasteiger partial charge < -0.3 is 20.4 Å². The highest BCUT2D eigenvalue weighted by Gasteiger charge is 2.29. The first-order chi connectivity index (χ1) is 50.4. The zero-order valence-corrected chi connectivity index (χ0v) is 70.7. The van der Waals surface area contributed by atoms with Crippen molar-refractivity contribution in [2.24, 2.45) is 0 Å². The molecule has 0 aliphatic carbocycles. The average molecular weight is 1480 g/mol. The molecule has 1 aliphatic heterocycles. The first-order valence-electron chi connectivity index (χ1n) is 45.0. The zero-order chi connectivity index (χ0) is 74.8. The van der Waals surface area contributed by atoms with E-state index in [1.165, 1.54) is 255 Å². The number of hydrogen-bond acceptors (Lipinski definition) is 12. The second-order valence-electron chi connectivity index (χ2n) is 31.9. The van der Waals surface area contributed by atoms with Gasteiger partial charge in [0.2, 0.25) is 0 Å². The third-order valence-electron chi connectivity index (χ3n) is 21.6. The summed E-state index contributed by atoms with van der Waals surface area (Å²) in [6.07, 6.45) is 84.3. The number of aliphatic hydroxyl groups excluding tert-OH is 4. The Kier molecular flexibility index (Phi) is 74.9. The highest BCUT2D eigenvalue weighted by atomic mass is 32.2. The molecule has 10 nitrogen and oxygen atoms in total. The number of unbranched alkanes of at least 4 members (excludes halogenated alkanes) is 41. The lowest BCUT2D eigenvalue weighted by Crippen LogP contribution is -2.57. The summed E-state index contributed by atoms with van der Waals surface area (Å²) in [5, 5.41) is 45.5. The van der Waals surface area contributed by atoms with Crippen LogP contribution in [-0.2, 0) is 9.59 Å². The van der Waals surface area contributed by atoms with E-state index < -0.39 is 24.4 Å². The Balaban J connectivity index is 2.57. The standard InChI is InChI=1S/C91H174N4O6S2/c1-7-11-15-19-23-27-31-35-39-43-47-51-55-59-66-86(96)80-92(81-87(97)67-60-56-52-48-44-40-36-32-28-24-20-16-12-8-2)72-64-63-70-90(100)102-76-74-94-78-85(6)95(79-84(94)5)75-77-103-91(101)71-65-73-93(82-88(98)68-61-57-53-49-45-41-37-33-29-25-21-17-13-9-3)83-89(99)69-62-58-54-50-46-42-38-34-30-26-22-18-14-10-4/h35-42,84-89,96-99H,7-34,43-83H2,1-6H3/b39-35-,40-36-,41-37-,42-38-. The maximum atomic E-state index is 13.4. The molecule has 1 aliphatic rings. The van der Waals surface area contributed by atoms with Gasteiger partial charge in [-0.05, 0) is 175 Å². The smallest absolute Gasteiger partial charge is 0.189 e. The molecule has 1 saturated heterocycles. The quantitative estimate of drug-likeness (QED) is 0.0342. The van der Waals surface area contributed by atoms with Crippen molar-refractivity contribution in [3.8, 4) is 0 Å². The average Bonchev–Trinajstić information content (AvgIpc) is 0.850. The lowest BCUT2D eigenvalue weighted by molar-refractivity contribution is -0.111. The molecule has 0 bridgehead atoms. The lowest BCUT2D eigenvalue weighted by Gasteiger charge is -2.44. The van der Waals surface area contributed by atoms with Crippen LogP contribution in [0, 0.1) is 0 Å². The summed E-state index contributed by atoms with van der Waals surface area (Å²) in [5.41, 5.74) is 0. The summed E-state index contributed by atoms with van der Waals surface area (Å²) < 4.78 is 0. The molecule has 0 radical (unpaired) electrons. The molecule has 0 saturated carbocycles. The van der Waals surface area contributed by atoms with E-state index in [2.05, 4.69) is 110 Å². The van der Waals surface area contributed by atoms with Crippen LogP contribution in [0.3, 0.4) is 0 Å². The van der Waals surface area contributed by atoms with E-state index in [1.54, 1.807) is 0 Å². The van der Waals surface area contributed by atoms with Crippen molar-refractivity contribution in [1.29, 1.82) is 0 Å². The molecule has 0 amide bonds. The van der Waals surface area contributed by atoms with E-state index in [0.717, 1.165) is 166 Å². The van der Waals surface area contributed by atoms with Gasteiger partial charge in [-0.1, -0.05) is 305 Å². The maximum Gasteiger partial charge on any atom is 0.189 e. The SMILES string of the molecule is CCCCCCCC/C=C\CCCCCCC(O)CN(CCCCC(=O)SCCN1CC(C)N(CCSC(=O)CCCN(CC(O)CCCCCC/C=C\CCCCCCCC)CC(O)CCCCCC/C=C\CCCCCCCC)CC1C)CC(O)CCCCCC/C=C\CCCCCCCC. The summed E-state index contributed by atoms with van der Waals surface area (Å²) in [4.78, 5) is 36.2. The second kappa shape index (κ2) is 77.4. The van der Waals surface area contributed by atoms with Crippen LogP contribution in [0.15, 0.2) is 48.6 Å². The van der Waals surface area contributed by atoms with Crippen LogP contribution in [0.1, 0.15) is 408 Å². The predicted octanol–water partition coefficient (Wildman–Crippen LogP) is 24.5. The number of aliphatic hydroxyl groups is 4. The number of carbonyl (C=O) groups excluding carboxylic acids is 2. The van der Waals surface area contributed by atoms with E-state index >= 15 is 0 Å². The number of allylic oxidation sites excluding steroid dienone is 8. The van der Waals surface area contributed by atoms with E-state index in [1.807, 2.05) is 0 Å². The minimum atomic E-state index is -0.424. The Bertz CT molecular complexity index is 1830. The molecule has 606 valence electrons. The highest BCUT2D eigenvalue weighted by molar-refractivity contribution is 8.13. The van der Waals surface area contributed by atoms with Crippen molar-refractivity contribution < 1.29 is 30.0 Å². The Morgan fingerprint density at radius 1 is 0.320 bits per heavy atom. The zero-order valence-electron chi connectivity index (χ0n) is 69.1. The van der Waals surface area contributed by atoms with Gasteiger partial charge in [0, 0.05) is 88.8 Å². The molecule has 0 aromatic heterocycles. The molecule has 1 rings (SSSR count). The van der Waals surface area contributed by atoms with Crippen LogP contribution in [-0.4, -0.2) is 164 Å². The van der Waals surface area contributed by atoms with E-state index in [9.17, 15) is 30.0 Å². The minimum absolute atomic E-state index is 0.236. The summed E-state index contributed by atoms with van der Waals surface area (Å²) in [5.74, 6) is 1.57. The molecule has 103 heavy (non-hydrogen) atoms. The fourth-order valence-electron chi connectivity index (χ4n) is 14.8. The first kappa shape index (κ1) is 99.7. The van der Waals surface area contributed by atoms with Gasteiger partial charge in [0.15, 0.2) is 10.2 Å². The fraction of sp³-hybridized carbons (Fsp3) is 0.890. The van der Waals surface area contributed by atoms with Gasteiger partial charge in [0.25, 0.3) is 0 Å². The van der Waals surface area contributed by atoms with Gasteiger partial charge in [-0.15, -0.1) is 0 Å². The largest absolute Gasteiger partial charge is 0.392 e. The van der Waals surface area contributed by atoms with Crippen molar-refractivity contribution in [3.05, 3.63) is 48.6 Å². The topological polar surface area (TPSA) is 128 Å². The molecule has 12 heteroatoms. The summed E-state index contributed by atoms with van der Waals surface area (Å²) in [6.45, 7) is 21.2. The minimum Gasteiger partial charge on any atom is -0.392 e. The normalized spacial score (nSPS) is 16.2. The lowest BCUT2D eigenvalue weighted by atomic mass is 10.1. The second-order valence-corrected chi connectivity index (χ2v) is 34.2. The predicted molar refractivity (Wildman–Crippen MR) is 456 cm³/mol. The molecular weight excluding hydrogens is 1310 g/mol. The molecular formula is C91H174N4O6S2. The van der Waals surface area contributed by atoms with Crippen LogP contribution in [0.2, 0.25) is 0 Å². The molecule has 4 N–H and O–H groups in total. The molecule has 6 atom stereocenters. The fourth-order valence-corrected chi connectivity index (χ4v) is 16.5. The third-order valence-corrected chi connectivity index (χ3v) is 23.4. The molecule has 1 heterocycles. The third kappa shape index (κ3) is 68.4. The first-order valence-corrected chi connectivity index (χ1v) is 46.9. The van der Waals surface area contributed by atoms with E-state index in [4.69, 9.17) is 0 Å². The van der Waals surface area contributed by atoms with Crippen molar-refractivity contribution in [3.63, 3.8) is 0 Å². The monoisotopic (exact) mass is 1480 g/mol. The van der Waals surface area contributed by atoms with Gasteiger partial charge >= 0.3 is 0 Å². The van der Waals surface area contributed by atoms with Crippen molar-refractivity contribution in [2.75, 3.05) is 77.0 Å². The number of hydrogen-bond donors (Lipinski definition) is 4. The van der Waals surface area contributed by atoms with Crippen LogP contribution in [0.5, 0.6) is 0 Å². The van der Waals surface area contributed by atoms with Gasteiger partial charge in [-0.25, -0.2) is 0 Å². The van der Waals surface area contributed by atoms with Gasteiger partial charge in [-0.3, -0.25) is 29.2 Å². The molecule has 0 aromatic rings. The molecule has 0 aromatic carbocycles. The Morgan fingerprint density at radius 3 is 0.806 bits per heavy atom. The number of nitrogens with zero attached hydrogens (tertiary/aromatic N) is 4. The Morgan fingerprint density at radius 2 is 0.544 bits per heavy atom. The summed E-state index contributed by atoms with van der Waals surface area (Å²) in [6, 6.07) is 0.745. The molecule has 6 unspecified atom stereocenters. The number of thioether (sulfide) groups is 2. The number of rotatable bonds is 79. The van der Waals surface area contributed by atoms with Crippen LogP contribution in [0.4, 0.5) is 0 Å². The van der Waals surface area contributed by atoms with Crippen molar-refractivity contribution in [1.82, 2.24) is 19.6 Å². The number of piperazine rings is 1. The van der Waals surface area contributed by atoms with Gasteiger partial charge in [0.05, 0.1) is 24.4 Å². The Labute approximate surface area is 649 Å². The Hall–Kier alpha value is -1.32. The molecule has 1 fully saturated rings. The maximum absolute atomic E-state index is 13.4. The van der Waals surface area contributed by atoms with E-state index in [0.29, 0.717) is 57.6 Å². The van der Waals surface area contributed by atoms with Gasteiger partial charge in [-0.2, -0.15) is 0 Å². The van der Waals surface area contributed by atoms with Crippen molar-refractivity contribution in [2.45, 2.75) is 444 Å². The van der Waals surface area contributed by atoms with Crippen molar-refractivity contribution >= 4 is 33.8 Å². The summed E-state index contributed by atoms with van der Waals surface area (Å²) >= 11 is 2.95. The molecule has 0 spiro atoms. The number of carbonyl (C=O) groups is 2. The van der Waals surface area contributed by atoms with E-state index in [-0.39, 0.29) is 10.2 Å². The summed E-state index contributed by atoms with van der Waals surface area (Å²) in [7, 11) is 0. The van der Waals surface area contributed by atoms with Crippen LogP contribution >= 0.6 is 23.5 Å². The highest BCUT2D eigenvalue weighted by Crippen LogP contribution is 2.22. The van der Waals surface area contributed by atoms with Gasteiger partial charge in [0.1, 0.15) is 0 Å². The van der Waals surface area contributed by atoms with Crippen LogP contribution < -0.4 is 0 Å².